The van der Waals surface area contributed by atoms with E-state index < -0.39 is 7.12 Å². The summed E-state index contributed by atoms with van der Waals surface area (Å²) >= 11 is 0. The van der Waals surface area contributed by atoms with Gasteiger partial charge in [-0.3, -0.25) is 15.0 Å². The molecule has 7 aromatic carbocycles. The molecule has 5 nitrogen and oxygen atoms in total. The monoisotopic (exact) mass is 943 g/mol. The van der Waals surface area contributed by atoms with Gasteiger partial charge in [-0.25, -0.2) is 0 Å². The summed E-state index contributed by atoms with van der Waals surface area (Å²) < 4.78 is 14.4. The Morgan fingerprint density at radius 1 is 0.397 bits per heavy atom. The van der Waals surface area contributed by atoms with Gasteiger partial charge in [0.1, 0.15) is 0 Å². The van der Waals surface area contributed by atoms with Crippen molar-refractivity contribution < 1.29 is 9.31 Å². The molecule has 14 rings (SSSR count). The molecule has 4 heterocycles. The van der Waals surface area contributed by atoms with Gasteiger partial charge in [-0.1, -0.05) is 172 Å². The quantitative estimate of drug-likeness (QED) is 0.128. The fraction of sp³-hybridized carbons (Fsp3) is 0.149. The van der Waals surface area contributed by atoms with Crippen molar-refractivity contribution in [2.24, 2.45) is 17.3 Å². The summed E-state index contributed by atoms with van der Waals surface area (Å²) in [5.41, 5.74) is 20.5. The number of benzene rings is 7. The SMILES string of the molecule is CC12CC3CC(C1OB(c1cc(-c4ccccn4)ccc1-c1ccccc1-c1cc(-c4ccccc4-c4ccc(-c5ccccn5)cc4)cc(-c4ccccc4-c4ccc(-c5ccccn5)cc4)c1)O2)C3(C)C. The van der Waals surface area contributed by atoms with Gasteiger partial charge in [-0.05, 0) is 169 Å². The number of hydrogen-bond acceptors (Lipinski definition) is 5. The number of rotatable bonds is 10. The van der Waals surface area contributed by atoms with Gasteiger partial charge >= 0.3 is 7.12 Å². The second kappa shape index (κ2) is 18.2. The minimum absolute atomic E-state index is 0.0240. The molecule has 0 spiro atoms. The van der Waals surface area contributed by atoms with Crippen molar-refractivity contribution in [2.75, 3.05) is 0 Å². The lowest BCUT2D eigenvalue weighted by Crippen LogP contribution is -2.63. The van der Waals surface area contributed by atoms with Crippen molar-refractivity contribution in [3.05, 3.63) is 231 Å². The van der Waals surface area contributed by atoms with Gasteiger partial charge in [0, 0.05) is 29.7 Å². The van der Waals surface area contributed by atoms with E-state index in [1.54, 1.807) is 0 Å². The maximum atomic E-state index is 7.22. The summed E-state index contributed by atoms with van der Waals surface area (Å²) in [7, 11) is -0.536. The van der Waals surface area contributed by atoms with Crippen LogP contribution in [0.25, 0.3) is 101 Å². The summed E-state index contributed by atoms with van der Waals surface area (Å²) in [6.45, 7) is 7.13. The van der Waals surface area contributed by atoms with Crippen LogP contribution in [0.5, 0.6) is 0 Å². The summed E-state index contributed by atoms with van der Waals surface area (Å²) in [6, 6.07) is 76.1. The van der Waals surface area contributed by atoms with Crippen LogP contribution in [0.2, 0.25) is 0 Å². The largest absolute Gasteiger partial charge is 0.495 e. The van der Waals surface area contributed by atoms with Crippen LogP contribution in [-0.4, -0.2) is 33.8 Å². The summed E-state index contributed by atoms with van der Waals surface area (Å²) in [4.78, 5) is 14.0. The van der Waals surface area contributed by atoms with Crippen LogP contribution >= 0.6 is 0 Å². The molecular weight excluding hydrogens is 890 g/mol. The van der Waals surface area contributed by atoms with Crippen LogP contribution in [0.3, 0.4) is 0 Å². The van der Waals surface area contributed by atoms with E-state index in [-0.39, 0.29) is 17.1 Å². The molecule has 0 radical (unpaired) electrons. The molecule has 2 bridgehead atoms. The van der Waals surface area contributed by atoms with E-state index in [0.717, 1.165) is 112 Å². The highest BCUT2D eigenvalue weighted by Crippen LogP contribution is 2.64. The fourth-order valence-electron chi connectivity index (χ4n) is 12.3. The van der Waals surface area contributed by atoms with E-state index >= 15 is 0 Å². The highest BCUT2D eigenvalue weighted by atomic mass is 16.7. The number of hydrogen-bond donors (Lipinski definition) is 0. The molecule has 73 heavy (non-hydrogen) atoms. The van der Waals surface area contributed by atoms with Gasteiger partial charge in [0.25, 0.3) is 0 Å². The molecular formula is C67H54BN3O2. The smallest absolute Gasteiger partial charge is 0.401 e. The van der Waals surface area contributed by atoms with E-state index in [1.165, 1.54) is 6.42 Å². The average molecular weight is 944 g/mol. The Balaban J connectivity index is 0.973. The Hall–Kier alpha value is -8.03. The zero-order chi connectivity index (χ0) is 49.1. The normalized spacial score (nSPS) is 19.5. The average Bonchev–Trinajstić information content (AvgIpc) is 3.83. The standard InChI is InChI=1S/C67H54BN3O2/c1-66(2)52-42-60(66)65-67(3,43-52)73-68(72-65)61-41-48(64-24-12-15-37-71-64)33-34-59(61)58-21-9-8-20-57(58)51-39-49(55-18-6-4-16-53(55)44-25-29-46(30-26-44)62-22-10-13-35-69-62)38-50(40-51)56-19-7-5-17-54(56)45-27-31-47(32-28-45)63-23-11-14-36-70-63/h4-41,52,60,65H,42-43H2,1-3H3. The highest BCUT2D eigenvalue weighted by Gasteiger charge is 2.67. The van der Waals surface area contributed by atoms with Crippen molar-refractivity contribution in [2.45, 2.75) is 45.3 Å². The zero-order valence-corrected chi connectivity index (χ0v) is 41.3. The highest BCUT2D eigenvalue weighted by molar-refractivity contribution is 6.64. The lowest BCUT2D eigenvalue weighted by atomic mass is 9.45. The van der Waals surface area contributed by atoms with Crippen LogP contribution in [0, 0.1) is 17.3 Å². The van der Waals surface area contributed by atoms with Crippen molar-refractivity contribution in [3.63, 3.8) is 0 Å². The predicted molar refractivity (Wildman–Crippen MR) is 298 cm³/mol. The Kier molecular flexibility index (Phi) is 11.2. The Bertz CT molecular complexity index is 3500. The van der Waals surface area contributed by atoms with Crippen molar-refractivity contribution in [3.8, 4) is 101 Å². The molecule has 3 aromatic heterocycles. The molecule has 4 aliphatic rings. The Morgan fingerprint density at radius 2 is 0.795 bits per heavy atom. The van der Waals surface area contributed by atoms with E-state index in [2.05, 4.69) is 207 Å². The van der Waals surface area contributed by atoms with Gasteiger partial charge < -0.3 is 9.31 Å². The molecule has 0 amide bonds. The van der Waals surface area contributed by atoms with Crippen molar-refractivity contribution >= 4 is 12.6 Å². The van der Waals surface area contributed by atoms with E-state index in [9.17, 15) is 0 Å². The third-order valence-corrected chi connectivity index (χ3v) is 16.3. The van der Waals surface area contributed by atoms with Crippen LogP contribution in [0.1, 0.15) is 33.6 Å². The fourth-order valence-corrected chi connectivity index (χ4v) is 12.3. The van der Waals surface area contributed by atoms with Crippen LogP contribution in [0.4, 0.5) is 0 Å². The number of nitrogens with zero attached hydrogens (tertiary/aromatic N) is 3. The Morgan fingerprint density at radius 3 is 1.25 bits per heavy atom. The van der Waals surface area contributed by atoms with E-state index in [1.807, 2.05) is 55.0 Å². The number of aromatic nitrogens is 3. The topological polar surface area (TPSA) is 57.1 Å². The molecule has 352 valence electrons. The van der Waals surface area contributed by atoms with Crippen LogP contribution in [0.15, 0.2) is 231 Å². The zero-order valence-electron chi connectivity index (χ0n) is 41.3. The molecule has 1 aliphatic heterocycles. The summed E-state index contributed by atoms with van der Waals surface area (Å²) in [6.07, 6.45) is 7.78. The van der Waals surface area contributed by atoms with Crippen molar-refractivity contribution in [1.29, 1.82) is 0 Å². The first-order valence-electron chi connectivity index (χ1n) is 25.6. The van der Waals surface area contributed by atoms with Crippen LogP contribution < -0.4 is 5.46 Å². The van der Waals surface area contributed by atoms with E-state index in [4.69, 9.17) is 14.3 Å². The first-order valence-corrected chi connectivity index (χ1v) is 25.6. The van der Waals surface area contributed by atoms with E-state index in [0.29, 0.717) is 11.8 Å². The van der Waals surface area contributed by atoms with Gasteiger partial charge in [0.2, 0.25) is 0 Å². The lowest BCUT2D eigenvalue weighted by molar-refractivity contribution is -0.185. The van der Waals surface area contributed by atoms with Gasteiger partial charge in [0.05, 0.1) is 28.8 Å². The maximum absolute atomic E-state index is 7.22. The molecule has 6 heteroatoms. The van der Waals surface area contributed by atoms with Crippen molar-refractivity contribution in [1.82, 2.24) is 15.0 Å². The summed E-state index contributed by atoms with van der Waals surface area (Å²) in [5, 5.41) is 0. The second-order valence-electron chi connectivity index (χ2n) is 20.9. The minimum atomic E-state index is -0.536. The van der Waals surface area contributed by atoms with Gasteiger partial charge in [0.15, 0.2) is 0 Å². The minimum Gasteiger partial charge on any atom is -0.401 e. The van der Waals surface area contributed by atoms with Gasteiger partial charge in [-0.2, -0.15) is 0 Å². The molecule has 4 atom stereocenters. The molecule has 4 unspecified atom stereocenters. The maximum Gasteiger partial charge on any atom is 0.495 e. The molecule has 4 fully saturated rings. The first kappa shape index (κ1) is 44.9. The summed E-state index contributed by atoms with van der Waals surface area (Å²) in [5.74, 6) is 1.09. The van der Waals surface area contributed by atoms with Crippen LogP contribution in [-0.2, 0) is 9.31 Å². The molecule has 10 aromatic rings. The van der Waals surface area contributed by atoms with Gasteiger partial charge in [-0.15, -0.1) is 0 Å². The number of pyridine rings is 3. The first-order chi connectivity index (χ1) is 35.8. The Labute approximate surface area is 428 Å². The third-order valence-electron chi connectivity index (χ3n) is 16.3. The third kappa shape index (κ3) is 8.12. The molecule has 1 saturated heterocycles. The molecule has 3 aliphatic carbocycles. The predicted octanol–water partition coefficient (Wildman–Crippen LogP) is 15.8. The lowest BCUT2D eigenvalue weighted by Gasteiger charge is -2.63. The second-order valence-corrected chi connectivity index (χ2v) is 20.9. The molecule has 0 N–H and O–H groups in total. The molecule has 3 saturated carbocycles.